The third-order valence-corrected chi connectivity index (χ3v) is 2.23. The molecule has 4 N–H and O–H groups in total. The number of nitrogens with two attached hydrogens (primary N) is 1. The summed E-state index contributed by atoms with van der Waals surface area (Å²) >= 11 is 5.53. The predicted octanol–water partition coefficient (Wildman–Crippen LogP) is 0.202. The minimum absolute atomic E-state index is 0.107. The minimum Gasteiger partial charge on any atom is -0.503 e. The van der Waals surface area contributed by atoms with E-state index in [9.17, 15) is 19.5 Å². The number of aliphatic hydroxyl groups excluding tert-OH is 1. The SMILES string of the molecule is Nc1cnn(C(=O)C(O)=CC=CC(=O)O)c(=O)c1Cl. The lowest BCUT2D eigenvalue weighted by molar-refractivity contribution is -0.131. The largest absolute Gasteiger partial charge is 0.503 e. The van der Waals surface area contributed by atoms with Crippen LogP contribution in [0.3, 0.4) is 0 Å². The fourth-order valence-electron chi connectivity index (χ4n) is 0.992. The van der Waals surface area contributed by atoms with Gasteiger partial charge in [-0.05, 0) is 6.08 Å². The number of carboxylic acids is 1. The molecule has 1 rings (SSSR count). The van der Waals surface area contributed by atoms with Gasteiger partial charge < -0.3 is 15.9 Å². The van der Waals surface area contributed by atoms with Gasteiger partial charge in [0.15, 0.2) is 5.76 Å². The van der Waals surface area contributed by atoms with Crippen molar-refractivity contribution in [2.45, 2.75) is 0 Å². The molecule has 0 fully saturated rings. The van der Waals surface area contributed by atoms with Crippen LogP contribution in [0.4, 0.5) is 5.69 Å². The Morgan fingerprint density at radius 3 is 2.63 bits per heavy atom. The zero-order valence-corrected chi connectivity index (χ0v) is 10.0. The maximum Gasteiger partial charge on any atom is 0.328 e. The van der Waals surface area contributed by atoms with Crippen molar-refractivity contribution in [3.8, 4) is 0 Å². The number of aliphatic hydroxyl groups is 1. The Bertz CT molecular complexity index is 647. The maximum absolute atomic E-state index is 11.6. The summed E-state index contributed by atoms with van der Waals surface area (Å²) in [6.07, 6.45) is 3.38. The summed E-state index contributed by atoms with van der Waals surface area (Å²) in [7, 11) is 0. The normalized spacial score (nSPS) is 11.7. The van der Waals surface area contributed by atoms with Gasteiger partial charge in [-0.3, -0.25) is 9.59 Å². The van der Waals surface area contributed by atoms with E-state index in [4.69, 9.17) is 22.4 Å². The molecule has 0 unspecified atom stereocenters. The van der Waals surface area contributed by atoms with E-state index < -0.39 is 28.2 Å². The molecular weight excluding hydrogens is 278 g/mol. The molecule has 0 aromatic carbocycles. The Labute approximate surface area is 111 Å². The molecule has 19 heavy (non-hydrogen) atoms. The number of carboxylic acid groups (broad SMARTS) is 1. The summed E-state index contributed by atoms with van der Waals surface area (Å²) in [6.45, 7) is 0. The number of halogens is 1. The average Bonchev–Trinajstić information content (AvgIpc) is 2.35. The first-order valence-electron chi connectivity index (χ1n) is 4.73. The highest BCUT2D eigenvalue weighted by atomic mass is 35.5. The Hall–Kier alpha value is -2.61. The molecule has 0 radical (unpaired) electrons. The van der Waals surface area contributed by atoms with Gasteiger partial charge in [0.1, 0.15) is 5.02 Å². The van der Waals surface area contributed by atoms with E-state index in [0.717, 1.165) is 18.3 Å². The van der Waals surface area contributed by atoms with Crippen LogP contribution in [-0.4, -0.2) is 31.9 Å². The van der Waals surface area contributed by atoms with E-state index in [1.807, 2.05) is 0 Å². The standard InChI is InChI=1S/C10H8ClN3O5/c11-8-5(12)4-13-14(10(8)19)9(18)6(15)2-1-3-7(16)17/h1-4,15H,12H2,(H,16,17). The van der Waals surface area contributed by atoms with E-state index in [0.29, 0.717) is 10.8 Å². The second-order valence-electron chi connectivity index (χ2n) is 3.19. The van der Waals surface area contributed by atoms with Gasteiger partial charge in [-0.25, -0.2) is 4.79 Å². The molecule has 0 aliphatic carbocycles. The summed E-state index contributed by atoms with van der Waals surface area (Å²) < 4.78 is 0.305. The number of aromatic nitrogens is 2. The van der Waals surface area contributed by atoms with Crippen molar-refractivity contribution >= 4 is 29.2 Å². The highest BCUT2D eigenvalue weighted by Crippen LogP contribution is 2.10. The van der Waals surface area contributed by atoms with Gasteiger partial charge >= 0.3 is 11.9 Å². The van der Waals surface area contributed by atoms with Gasteiger partial charge in [0.25, 0.3) is 5.56 Å². The number of hydrogen-bond acceptors (Lipinski definition) is 6. The number of anilines is 1. The second kappa shape index (κ2) is 5.83. The lowest BCUT2D eigenvalue weighted by Gasteiger charge is -2.03. The Morgan fingerprint density at radius 1 is 1.42 bits per heavy atom. The van der Waals surface area contributed by atoms with E-state index >= 15 is 0 Å². The molecule has 0 spiro atoms. The number of nitrogen functional groups attached to an aromatic ring is 1. The highest BCUT2D eigenvalue weighted by molar-refractivity contribution is 6.32. The van der Waals surface area contributed by atoms with Crippen molar-refractivity contribution in [1.29, 1.82) is 0 Å². The summed E-state index contributed by atoms with van der Waals surface area (Å²) in [5.74, 6) is -3.31. The molecule has 0 aliphatic rings. The van der Waals surface area contributed by atoms with Crippen LogP contribution in [0.1, 0.15) is 4.79 Å². The van der Waals surface area contributed by atoms with Gasteiger partial charge in [-0.15, -0.1) is 0 Å². The smallest absolute Gasteiger partial charge is 0.328 e. The summed E-state index contributed by atoms with van der Waals surface area (Å²) in [6, 6.07) is 0. The molecule has 0 bridgehead atoms. The topological polar surface area (TPSA) is 136 Å². The number of carbonyl (C=O) groups is 2. The maximum atomic E-state index is 11.6. The van der Waals surface area contributed by atoms with Crippen molar-refractivity contribution in [3.63, 3.8) is 0 Å². The third-order valence-electron chi connectivity index (χ3n) is 1.85. The van der Waals surface area contributed by atoms with E-state index in [1.165, 1.54) is 0 Å². The molecule has 1 aromatic rings. The van der Waals surface area contributed by atoms with Crippen molar-refractivity contribution < 1.29 is 19.8 Å². The molecule has 100 valence electrons. The van der Waals surface area contributed by atoms with Gasteiger partial charge in [0.05, 0.1) is 11.9 Å². The lowest BCUT2D eigenvalue weighted by Crippen LogP contribution is -2.31. The predicted molar refractivity (Wildman–Crippen MR) is 66.0 cm³/mol. The number of aliphatic carboxylic acids is 1. The second-order valence-corrected chi connectivity index (χ2v) is 3.56. The average molecular weight is 286 g/mol. The van der Waals surface area contributed by atoms with Crippen LogP contribution in [-0.2, 0) is 4.79 Å². The van der Waals surface area contributed by atoms with Crippen molar-refractivity contribution in [3.05, 3.63) is 45.6 Å². The fourth-order valence-corrected chi connectivity index (χ4v) is 1.12. The summed E-state index contributed by atoms with van der Waals surface area (Å²) in [4.78, 5) is 33.3. The molecule has 0 aliphatic heterocycles. The monoisotopic (exact) mass is 285 g/mol. The van der Waals surface area contributed by atoms with Crippen LogP contribution in [0.15, 0.2) is 35.0 Å². The molecule has 1 aromatic heterocycles. The zero-order valence-electron chi connectivity index (χ0n) is 9.28. The highest BCUT2D eigenvalue weighted by Gasteiger charge is 2.16. The van der Waals surface area contributed by atoms with Crippen LogP contribution in [0.2, 0.25) is 5.02 Å². The summed E-state index contributed by atoms with van der Waals surface area (Å²) in [5, 5.41) is 20.7. The van der Waals surface area contributed by atoms with Crippen LogP contribution in [0.5, 0.6) is 0 Å². The molecule has 0 saturated carbocycles. The Kier molecular flexibility index (Phi) is 4.43. The van der Waals surface area contributed by atoms with Crippen LogP contribution in [0, 0.1) is 0 Å². The number of hydrogen-bond donors (Lipinski definition) is 3. The zero-order chi connectivity index (χ0) is 14.6. The Morgan fingerprint density at radius 2 is 2.05 bits per heavy atom. The van der Waals surface area contributed by atoms with Gasteiger partial charge in [0.2, 0.25) is 0 Å². The molecule has 0 amide bonds. The van der Waals surface area contributed by atoms with Crippen LogP contribution >= 0.6 is 11.6 Å². The quantitative estimate of drug-likeness (QED) is 0.410. The third kappa shape index (κ3) is 3.42. The first-order valence-corrected chi connectivity index (χ1v) is 5.10. The number of nitrogens with zero attached hydrogens (tertiary/aromatic N) is 2. The van der Waals surface area contributed by atoms with Crippen molar-refractivity contribution in [2.24, 2.45) is 0 Å². The molecule has 0 atom stereocenters. The van der Waals surface area contributed by atoms with Gasteiger partial charge in [0, 0.05) is 6.08 Å². The van der Waals surface area contributed by atoms with Gasteiger partial charge in [-0.1, -0.05) is 17.7 Å². The lowest BCUT2D eigenvalue weighted by atomic mass is 10.3. The Balaban J connectivity index is 3.11. The molecule has 0 saturated heterocycles. The van der Waals surface area contributed by atoms with E-state index in [1.54, 1.807) is 0 Å². The van der Waals surface area contributed by atoms with E-state index in [-0.39, 0.29) is 5.69 Å². The molecular formula is C10H8ClN3O5. The molecule has 9 heteroatoms. The minimum atomic E-state index is -1.26. The first kappa shape index (κ1) is 14.5. The first-order chi connectivity index (χ1) is 8.84. The fraction of sp³-hybridized carbons (Fsp3) is 0. The number of rotatable bonds is 3. The molecule has 1 heterocycles. The van der Waals surface area contributed by atoms with Crippen LogP contribution < -0.4 is 11.3 Å². The van der Waals surface area contributed by atoms with Gasteiger partial charge in [-0.2, -0.15) is 9.78 Å². The van der Waals surface area contributed by atoms with E-state index in [2.05, 4.69) is 5.10 Å². The van der Waals surface area contributed by atoms with Crippen molar-refractivity contribution in [1.82, 2.24) is 9.78 Å². The van der Waals surface area contributed by atoms with Crippen LogP contribution in [0.25, 0.3) is 0 Å². The number of allylic oxidation sites excluding steroid dienone is 3. The number of carbonyl (C=O) groups excluding carboxylic acids is 1. The molecule has 8 nitrogen and oxygen atoms in total. The van der Waals surface area contributed by atoms with Crippen molar-refractivity contribution in [2.75, 3.05) is 5.73 Å². The summed E-state index contributed by atoms with van der Waals surface area (Å²) in [5.41, 5.74) is 4.21.